The largest absolute Gasteiger partial charge is 0.326 e. The molecule has 1 atom stereocenters. The second kappa shape index (κ2) is 5.92. The summed E-state index contributed by atoms with van der Waals surface area (Å²) in [6, 6.07) is 1.78. The lowest BCUT2D eigenvalue weighted by Crippen LogP contribution is -2.37. The number of hydrogen-bond acceptors (Lipinski definition) is 5. The quantitative estimate of drug-likeness (QED) is 0.888. The third kappa shape index (κ3) is 3.27. The second-order valence-corrected chi connectivity index (χ2v) is 8.64. The van der Waals surface area contributed by atoms with Crippen LogP contribution < -0.4 is 10.5 Å². The monoisotopic (exact) mass is 306 g/mol. The highest BCUT2D eigenvalue weighted by molar-refractivity contribution is 7.99. The van der Waals surface area contributed by atoms with Gasteiger partial charge in [-0.15, -0.1) is 11.3 Å². The Bertz CT molecular complexity index is 504. The first-order valence-electron chi connectivity index (χ1n) is 5.92. The average molecular weight is 306 g/mol. The summed E-state index contributed by atoms with van der Waals surface area (Å²) in [4.78, 5) is 0.938. The first-order valence-corrected chi connectivity index (χ1v) is 9.38. The Labute approximate surface area is 116 Å². The fourth-order valence-electron chi connectivity index (χ4n) is 1.93. The van der Waals surface area contributed by atoms with Crippen molar-refractivity contribution in [1.82, 2.24) is 4.72 Å². The maximum atomic E-state index is 12.2. The zero-order valence-electron chi connectivity index (χ0n) is 10.3. The molecule has 1 aliphatic heterocycles. The Morgan fingerprint density at radius 1 is 1.56 bits per heavy atom. The van der Waals surface area contributed by atoms with Crippen LogP contribution in [0.2, 0.25) is 0 Å². The van der Waals surface area contributed by atoms with Crippen LogP contribution in [0.3, 0.4) is 0 Å². The van der Waals surface area contributed by atoms with Crippen molar-refractivity contribution in [3.05, 3.63) is 16.5 Å². The zero-order chi connectivity index (χ0) is 13.2. The molecule has 102 valence electrons. The number of nitrogens with one attached hydrogen (secondary N) is 1. The van der Waals surface area contributed by atoms with Crippen molar-refractivity contribution >= 4 is 33.1 Å². The van der Waals surface area contributed by atoms with Crippen LogP contribution >= 0.6 is 23.1 Å². The third-order valence-corrected chi connectivity index (χ3v) is 7.40. The minimum atomic E-state index is -3.37. The Hall–Kier alpha value is -0.0800. The van der Waals surface area contributed by atoms with Crippen LogP contribution in [0.4, 0.5) is 0 Å². The number of sulfonamides is 1. The summed E-state index contributed by atoms with van der Waals surface area (Å²) in [5, 5.41) is 0. The molecule has 0 spiro atoms. The van der Waals surface area contributed by atoms with E-state index in [1.165, 1.54) is 11.3 Å². The Kier molecular flexibility index (Phi) is 4.71. The van der Waals surface area contributed by atoms with Crippen LogP contribution in [0, 0.1) is 6.92 Å². The molecule has 0 radical (unpaired) electrons. The number of thiophene rings is 1. The summed E-state index contributed by atoms with van der Waals surface area (Å²) >= 11 is 3.08. The third-order valence-electron chi connectivity index (χ3n) is 2.93. The smallest absolute Gasteiger partial charge is 0.250 e. The van der Waals surface area contributed by atoms with E-state index >= 15 is 0 Å². The summed E-state index contributed by atoms with van der Waals surface area (Å²) in [6.07, 6.45) is 2.01. The van der Waals surface area contributed by atoms with Crippen molar-refractivity contribution in [2.45, 2.75) is 36.6 Å². The van der Waals surface area contributed by atoms with Crippen molar-refractivity contribution in [2.24, 2.45) is 5.73 Å². The normalized spacial score (nSPS) is 21.1. The molecule has 0 bridgehead atoms. The molecule has 1 fully saturated rings. The number of rotatable bonds is 4. The highest BCUT2D eigenvalue weighted by Crippen LogP contribution is 2.26. The Balaban J connectivity index is 2.13. The predicted octanol–water partition coefficient (Wildman–Crippen LogP) is 1.69. The Morgan fingerprint density at radius 2 is 2.33 bits per heavy atom. The highest BCUT2D eigenvalue weighted by atomic mass is 32.2. The molecule has 0 saturated carbocycles. The van der Waals surface area contributed by atoms with Crippen molar-refractivity contribution in [1.29, 1.82) is 0 Å². The van der Waals surface area contributed by atoms with Crippen molar-refractivity contribution in [3.63, 3.8) is 0 Å². The molecule has 18 heavy (non-hydrogen) atoms. The van der Waals surface area contributed by atoms with Crippen LogP contribution in [0.25, 0.3) is 0 Å². The van der Waals surface area contributed by atoms with Gasteiger partial charge in [0.25, 0.3) is 0 Å². The van der Waals surface area contributed by atoms with E-state index in [1.807, 2.05) is 18.7 Å². The molecule has 2 heterocycles. The van der Waals surface area contributed by atoms with Gasteiger partial charge in [0.1, 0.15) is 4.21 Å². The van der Waals surface area contributed by atoms with E-state index in [0.717, 1.165) is 34.8 Å². The molecule has 4 nitrogen and oxygen atoms in total. The molecule has 2 rings (SSSR count). The molecular formula is C11H18N2O2S3. The molecule has 3 N–H and O–H groups in total. The van der Waals surface area contributed by atoms with Crippen LogP contribution in [0.15, 0.2) is 10.3 Å². The molecule has 7 heteroatoms. The predicted molar refractivity (Wildman–Crippen MR) is 77.6 cm³/mol. The van der Waals surface area contributed by atoms with Crippen LogP contribution in [0.1, 0.15) is 23.3 Å². The number of thioether (sulfide) groups is 1. The van der Waals surface area contributed by atoms with Crippen LogP contribution in [-0.4, -0.2) is 26.0 Å². The van der Waals surface area contributed by atoms with E-state index in [1.54, 1.807) is 6.07 Å². The second-order valence-electron chi connectivity index (χ2n) is 4.41. The summed E-state index contributed by atoms with van der Waals surface area (Å²) in [7, 11) is -3.37. The van der Waals surface area contributed by atoms with Gasteiger partial charge >= 0.3 is 0 Å². The van der Waals surface area contributed by atoms with Crippen molar-refractivity contribution in [3.8, 4) is 0 Å². The van der Waals surface area contributed by atoms with Crippen LogP contribution in [-0.2, 0) is 16.6 Å². The van der Waals surface area contributed by atoms with Gasteiger partial charge in [0.05, 0.1) is 0 Å². The van der Waals surface area contributed by atoms with Gasteiger partial charge in [-0.25, -0.2) is 13.1 Å². The maximum absolute atomic E-state index is 12.2. The lowest BCUT2D eigenvalue weighted by atomic mass is 10.2. The van der Waals surface area contributed by atoms with E-state index in [9.17, 15) is 8.42 Å². The van der Waals surface area contributed by atoms with Gasteiger partial charge in [-0.3, -0.25) is 0 Å². The van der Waals surface area contributed by atoms with E-state index in [0.29, 0.717) is 10.8 Å². The molecule has 1 aromatic heterocycles. The zero-order valence-corrected chi connectivity index (χ0v) is 12.8. The maximum Gasteiger partial charge on any atom is 0.250 e. The minimum Gasteiger partial charge on any atom is -0.326 e. The minimum absolute atomic E-state index is 0.0671. The van der Waals surface area contributed by atoms with Gasteiger partial charge in [0.15, 0.2) is 0 Å². The Morgan fingerprint density at radius 3 is 2.89 bits per heavy atom. The molecule has 1 aliphatic rings. The number of nitrogens with two attached hydrogens (primary N) is 1. The molecule has 1 aromatic rings. The van der Waals surface area contributed by atoms with E-state index in [2.05, 4.69) is 4.72 Å². The highest BCUT2D eigenvalue weighted by Gasteiger charge is 2.24. The summed E-state index contributed by atoms with van der Waals surface area (Å²) in [6.45, 7) is 2.29. The standard InChI is InChI=1S/C11H18N2O2S3/c1-8-5-11(17-10(8)6-12)18(14,15)13-9-3-2-4-16-7-9/h5,9,13H,2-4,6-7,12H2,1H3. The first-order chi connectivity index (χ1) is 8.53. The van der Waals surface area contributed by atoms with Gasteiger partial charge in [0, 0.05) is 23.2 Å². The first kappa shape index (κ1) is 14.3. The van der Waals surface area contributed by atoms with Crippen molar-refractivity contribution in [2.75, 3.05) is 11.5 Å². The fraction of sp³-hybridized carbons (Fsp3) is 0.636. The summed E-state index contributed by atoms with van der Waals surface area (Å²) in [5.41, 5.74) is 6.54. The van der Waals surface area contributed by atoms with E-state index in [4.69, 9.17) is 5.73 Å². The number of hydrogen-bond donors (Lipinski definition) is 2. The average Bonchev–Trinajstić information content (AvgIpc) is 2.72. The summed E-state index contributed by atoms with van der Waals surface area (Å²) in [5.74, 6) is 2.00. The molecule has 0 amide bonds. The van der Waals surface area contributed by atoms with Gasteiger partial charge in [0.2, 0.25) is 10.0 Å². The molecule has 0 aliphatic carbocycles. The van der Waals surface area contributed by atoms with Gasteiger partial charge in [-0.2, -0.15) is 11.8 Å². The van der Waals surface area contributed by atoms with E-state index < -0.39 is 10.0 Å². The van der Waals surface area contributed by atoms with E-state index in [-0.39, 0.29) is 6.04 Å². The number of aryl methyl sites for hydroxylation is 1. The van der Waals surface area contributed by atoms with Crippen LogP contribution in [0.5, 0.6) is 0 Å². The molecule has 1 saturated heterocycles. The summed E-state index contributed by atoms with van der Waals surface area (Å²) < 4.78 is 27.6. The topological polar surface area (TPSA) is 72.2 Å². The fourth-order valence-corrected chi connectivity index (χ4v) is 5.87. The van der Waals surface area contributed by atoms with Gasteiger partial charge in [-0.1, -0.05) is 0 Å². The lowest BCUT2D eigenvalue weighted by molar-refractivity contribution is 0.545. The molecular weight excluding hydrogens is 288 g/mol. The molecule has 1 unspecified atom stereocenters. The van der Waals surface area contributed by atoms with Crippen molar-refractivity contribution < 1.29 is 8.42 Å². The van der Waals surface area contributed by atoms with Gasteiger partial charge < -0.3 is 5.73 Å². The van der Waals surface area contributed by atoms with Gasteiger partial charge in [-0.05, 0) is 37.1 Å². The SMILES string of the molecule is Cc1cc(S(=O)(=O)NC2CCCSC2)sc1CN. The molecule has 0 aromatic carbocycles. The lowest BCUT2D eigenvalue weighted by Gasteiger charge is -2.21.